The highest BCUT2D eigenvalue weighted by atomic mass is 19.3. The van der Waals surface area contributed by atoms with Crippen LogP contribution in [-0.2, 0) is 16.0 Å². The molecule has 1 aromatic carbocycles. The lowest BCUT2D eigenvalue weighted by atomic mass is 9.85. The molecule has 212 valence electrons. The van der Waals surface area contributed by atoms with E-state index in [0.29, 0.717) is 54.2 Å². The van der Waals surface area contributed by atoms with E-state index in [4.69, 9.17) is 9.47 Å². The molecule has 1 saturated carbocycles. The SMILES string of the molecule is COC(=O)C1C2CCC1CN(c1ncc(-c3cn4c5c(nc4cc3F)CC[C@@H]5c3ccccc3OC(F)F)cn1)C2. The number of anilines is 1. The molecule has 0 amide bonds. The lowest BCUT2D eigenvalue weighted by molar-refractivity contribution is -0.148. The molecule has 41 heavy (non-hydrogen) atoms. The largest absolute Gasteiger partial charge is 0.469 e. The number of hydrogen-bond acceptors (Lipinski definition) is 7. The fourth-order valence-electron chi connectivity index (χ4n) is 7.12. The number of piperidine rings is 1. The third kappa shape index (κ3) is 4.38. The van der Waals surface area contributed by atoms with Crippen molar-refractivity contribution in [1.29, 1.82) is 0 Å². The Kier molecular flexibility index (Phi) is 6.32. The van der Waals surface area contributed by atoms with Crippen LogP contribution in [0, 0.1) is 23.6 Å². The number of hydrogen-bond donors (Lipinski definition) is 0. The summed E-state index contributed by atoms with van der Waals surface area (Å²) in [5, 5.41) is 0. The molecular formula is C30H28F3N5O3. The first-order valence-corrected chi connectivity index (χ1v) is 13.8. The van der Waals surface area contributed by atoms with Gasteiger partial charge in [-0.3, -0.25) is 4.79 Å². The summed E-state index contributed by atoms with van der Waals surface area (Å²) in [5.41, 5.74) is 3.59. The molecule has 1 aliphatic heterocycles. The molecule has 2 fully saturated rings. The Morgan fingerprint density at radius 3 is 2.51 bits per heavy atom. The van der Waals surface area contributed by atoms with Gasteiger partial charge >= 0.3 is 12.6 Å². The van der Waals surface area contributed by atoms with Crippen LogP contribution in [0.1, 0.15) is 42.1 Å². The average Bonchev–Trinajstić information content (AvgIpc) is 3.61. The Morgan fingerprint density at radius 2 is 1.80 bits per heavy atom. The van der Waals surface area contributed by atoms with Crippen molar-refractivity contribution in [3.63, 3.8) is 0 Å². The molecule has 11 heteroatoms. The molecule has 3 aliphatic rings. The first kappa shape index (κ1) is 25.8. The van der Waals surface area contributed by atoms with E-state index in [1.165, 1.54) is 19.2 Å². The van der Waals surface area contributed by atoms with Crippen molar-refractivity contribution < 1.29 is 27.4 Å². The molecule has 8 nitrogen and oxygen atoms in total. The number of methoxy groups -OCH3 is 1. The predicted molar refractivity (Wildman–Crippen MR) is 143 cm³/mol. The van der Waals surface area contributed by atoms with Crippen molar-refractivity contribution in [2.45, 2.75) is 38.2 Å². The molecule has 1 saturated heterocycles. The van der Waals surface area contributed by atoms with Crippen LogP contribution < -0.4 is 9.64 Å². The number of carbonyl (C=O) groups excluding carboxylic acids is 1. The van der Waals surface area contributed by atoms with Gasteiger partial charge in [0.1, 0.15) is 17.2 Å². The summed E-state index contributed by atoms with van der Waals surface area (Å²) in [7, 11) is 1.44. The normalized spacial score (nSPS) is 23.3. The lowest BCUT2D eigenvalue weighted by Crippen LogP contribution is -2.45. The number of pyridine rings is 1. The minimum Gasteiger partial charge on any atom is -0.469 e. The van der Waals surface area contributed by atoms with Gasteiger partial charge in [-0.05, 0) is 43.6 Å². The fourth-order valence-corrected chi connectivity index (χ4v) is 7.12. The molecule has 4 heterocycles. The van der Waals surface area contributed by atoms with Gasteiger partial charge in [0.2, 0.25) is 5.95 Å². The van der Waals surface area contributed by atoms with Gasteiger partial charge in [-0.15, -0.1) is 0 Å². The first-order chi connectivity index (χ1) is 19.9. The van der Waals surface area contributed by atoms with Crippen LogP contribution in [0.2, 0.25) is 0 Å². The summed E-state index contributed by atoms with van der Waals surface area (Å²) in [6, 6.07) is 8.16. The molecule has 0 radical (unpaired) electrons. The van der Waals surface area contributed by atoms with Gasteiger partial charge in [-0.2, -0.15) is 8.78 Å². The van der Waals surface area contributed by atoms with Gasteiger partial charge in [0.05, 0.1) is 24.4 Å². The second-order valence-corrected chi connectivity index (χ2v) is 11.0. The Balaban J connectivity index is 1.19. The highest BCUT2D eigenvalue weighted by molar-refractivity contribution is 5.74. The van der Waals surface area contributed by atoms with Crippen LogP contribution in [0.4, 0.5) is 19.1 Å². The molecule has 0 spiro atoms. The number of aryl methyl sites for hydroxylation is 1. The number of aromatic nitrogens is 4. The second-order valence-electron chi connectivity index (χ2n) is 11.0. The van der Waals surface area contributed by atoms with Gasteiger partial charge < -0.3 is 18.8 Å². The molecule has 3 atom stereocenters. The van der Waals surface area contributed by atoms with E-state index in [1.807, 2.05) is 4.40 Å². The standard InChI is InChI=1S/C30H28F3N5O3/c1-40-28(39)26-16-6-7-17(26)14-37(13-16)30-34-11-18(12-35-30)21-15-38-25(10-22(21)31)36-23-9-8-20(27(23)38)19-4-2-3-5-24(19)41-29(32)33/h2-5,10-12,15-17,20,26,29H,6-9,13-14H2,1H3/t16?,17?,20-,26?/m1/s1. The number of esters is 1. The van der Waals surface area contributed by atoms with E-state index in [1.54, 1.807) is 36.8 Å². The summed E-state index contributed by atoms with van der Waals surface area (Å²) >= 11 is 0. The lowest BCUT2D eigenvalue weighted by Gasteiger charge is -2.36. The Bertz CT molecular complexity index is 1610. The van der Waals surface area contributed by atoms with Crippen LogP contribution >= 0.6 is 0 Å². The molecule has 2 bridgehead atoms. The minimum absolute atomic E-state index is 0.0778. The summed E-state index contributed by atoms with van der Waals surface area (Å²) in [6.45, 7) is -1.58. The first-order valence-electron chi connectivity index (χ1n) is 13.8. The highest BCUT2D eigenvalue weighted by Gasteiger charge is 2.47. The number of alkyl halides is 2. The van der Waals surface area contributed by atoms with Gasteiger partial charge in [0.15, 0.2) is 0 Å². The number of nitrogens with zero attached hydrogens (tertiary/aromatic N) is 5. The van der Waals surface area contributed by atoms with Crippen LogP contribution in [-0.4, -0.2) is 52.1 Å². The summed E-state index contributed by atoms with van der Waals surface area (Å²) in [5.74, 6) is 0.195. The highest BCUT2D eigenvalue weighted by Crippen LogP contribution is 2.44. The number of imidazole rings is 1. The van der Waals surface area contributed by atoms with Gasteiger partial charge in [-0.1, -0.05) is 18.2 Å². The Morgan fingerprint density at radius 1 is 1.07 bits per heavy atom. The number of ether oxygens (including phenoxy) is 2. The number of halogens is 3. The third-order valence-electron chi connectivity index (χ3n) is 8.87. The number of fused-ring (bicyclic) bond motifs is 5. The van der Waals surface area contributed by atoms with Crippen molar-refractivity contribution in [1.82, 2.24) is 19.4 Å². The van der Waals surface area contributed by atoms with Crippen molar-refractivity contribution in [2.24, 2.45) is 17.8 Å². The topological polar surface area (TPSA) is 81.9 Å². The zero-order valence-electron chi connectivity index (χ0n) is 22.3. The van der Waals surface area contributed by atoms with Gasteiger partial charge in [0, 0.05) is 60.4 Å². The van der Waals surface area contributed by atoms with Crippen LogP contribution in [0.25, 0.3) is 16.8 Å². The zero-order valence-corrected chi connectivity index (χ0v) is 22.3. The van der Waals surface area contributed by atoms with Crippen LogP contribution in [0.15, 0.2) is 48.9 Å². The van der Waals surface area contributed by atoms with E-state index >= 15 is 4.39 Å². The third-order valence-corrected chi connectivity index (χ3v) is 8.87. The second kappa shape index (κ2) is 10.0. The maximum atomic E-state index is 15.3. The van der Waals surface area contributed by atoms with Crippen molar-refractivity contribution in [3.8, 4) is 16.9 Å². The fraction of sp³-hybridized carbons (Fsp3) is 0.400. The van der Waals surface area contributed by atoms with Crippen molar-refractivity contribution in [2.75, 3.05) is 25.1 Å². The summed E-state index contributed by atoms with van der Waals surface area (Å²) in [4.78, 5) is 28.1. The molecule has 3 aromatic heterocycles. The van der Waals surface area contributed by atoms with E-state index < -0.39 is 12.4 Å². The number of carbonyl (C=O) groups is 1. The number of para-hydroxylation sites is 1. The molecule has 7 rings (SSSR count). The number of rotatable bonds is 6. The Hall–Kier alpha value is -4.15. The molecule has 2 unspecified atom stereocenters. The molecule has 4 aromatic rings. The van der Waals surface area contributed by atoms with Crippen molar-refractivity contribution >= 4 is 17.6 Å². The van der Waals surface area contributed by atoms with Gasteiger partial charge in [0.25, 0.3) is 0 Å². The monoisotopic (exact) mass is 563 g/mol. The molecular weight excluding hydrogens is 535 g/mol. The Labute approximate surface area is 234 Å². The maximum Gasteiger partial charge on any atom is 0.387 e. The summed E-state index contributed by atoms with van der Waals surface area (Å²) in [6.07, 6.45) is 8.18. The quantitative estimate of drug-likeness (QED) is 0.297. The van der Waals surface area contributed by atoms with E-state index in [2.05, 4.69) is 19.9 Å². The van der Waals surface area contributed by atoms with Crippen LogP contribution in [0.5, 0.6) is 5.75 Å². The maximum absolute atomic E-state index is 15.3. The molecule has 0 N–H and O–H groups in total. The zero-order chi connectivity index (χ0) is 28.2. The number of benzene rings is 1. The predicted octanol–water partition coefficient (Wildman–Crippen LogP) is 5.25. The molecule has 2 aliphatic carbocycles. The summed E-state index contributed by atoms with van der Waals surface area (Å²) < 4.78 is 53.2. The van der Waals surface area contributed by atoms with E-state index in [9.17, 15) is 13.6 Å². The van der Waals surface area contributed by atoms with Crippen LogP contribution in [0.3, 0.4) is 0 Å². The van der Waals surface area contributed by atoms with Crippen molar-refractivity contribution in [3.05, 3.63) is 71.7 Å². The average molecular weight is 564 g/mol. The minimum atomic E-state index is -2.93. The van der Waals surface area contributed by atoms with E-state index in [0.717, 1.165) is 24.2 Å². The smallest absolute Gasteiger partial charge is 0.387 e. The van der Waals surface area contributed by atoms with Gasteiger partial charge in [-0.25, -0.2) is 19.3 Å². The van der Waals surface area contributed by atoms with E-state index in [-0.39, 0.29) is 35.4 Å².